The minimum atomic E-state index is -1.16. The van der Waals surface area contributed by atoms with Crippen LogP contribution >= 0.6 is 28.4 Å². The molecule has 3 aromatic carbocycles. The molecule has 0 saturated heterocycles. The molecule has 0 bridgehead atoms. The van der Waals surface area contributed by atoms with Crippen LogP contribution in [0.15, 0.2) is 87.5 Å². The van der Waals surface area contributed by atoms with Gasteiger partial charge < -0.3 is 0 Å². The molecule has 1 heterocycles. The maximum atomic E-state index is 2.72. The summed E-state index contributed by atoms with van der Waals surface area (Å²) in [6.45, 7) is 2.21. The smallest absolute Gasteiger partial charge is 0.0149 e. The van der Waals surface area contributed by atoms with Crippen LogP contribution in [0.1, 0.15) is 12.5 Å². The van der Waals surface area contributed by atoms with Gasteiger partial charge in [-0.2, -0.15) is 0 Å². The molecule has 1 aliphatic heterocycles. The molecule has 0 radical (unpaired) electrons. The third-order valence-electron chi connectivity index (χ3n) is 4.33. The van der Waals surface area contributed by atoms with Gasteiger partial charge in [-0.05, 0) is 68.6 Å². The minimum absolute atomic E-state index is 1.09. The Kier molecular flexibility index (Phi) is 3.54. The van der Waals surface area contributed by atoms with E-state index in [0.717, 1.165) is 6.42 Å². The summed E-state index contributed by atoms with van der Waals surface area (Å²) in [7, 11) is -1.16. The molecule has 1 aliphatic rings. The second kappa shape index (κ2) is 5.43. The fraction of sp³-hybridized carbons (Fsp3) is 0.100. The molecule has 0 amide bonds. The Bertz CT molecular complexity index is 791. The van der Waals surface area contributed by atoms with Crippen LogP contribution in [0.5, 0.6) is 0 Å². The van der Waals surface area contributed by atoms with E-state index >= 15 is 0 Å². The van der Waals surface area contributed by atoms with Crippen LogP contribution in [0.2, 0.25) is 0 Å². The third kappa shape index (κ3) is 1.97. The number of hydrogen-bond acceptors (Lipinski definition) is 0. The molecule has 0 saturated carbocycles. The monoisotopic (exact) mass is 416 g/mol. The molecule has 0 fully saturated rings. The Hall–Kier alpha value is -1.26. The van der Waals surface area contributed by atoms with Crippen molar-refractivity contribution in [3.63, 3.8) is 0 Å². The Morgan fingerprint density at radius 1 is 0.727 bits per heavy atom. The van der Waals surface area contributed by atoms with Crippen LogP contribution in [-0.2, 0) is 6.42 Å². The van der Waals surface area contributed by atoms with Gasteiger partial charge in [0, 0.05) is 14.7 Å². The fourth-order valence-electron chi connectivity index (χ4n) is 3.15. The lowest BCUT2D eigenvalue weighted by molar-refractivity contribution is 1.13. The average molecular weight is 416 g/mol. The summed E-state index contributed by atoms with van der Waals surface area (Å²) < 4.78 is 0. The summed E-state index contributed by atoms with van der Waals surface area (Å²) in [4.78, 5) is 4.42. The van der Waals surface area contributed by atoms with E-state index in [4.69, 9.17) is 0 Å². The maximum Gasteiger partial charge on any atom is 0.0149 e. The predicted octanol–water partition coefficient (Wildman–Crippen LogP) is 6.86. The van der Waals surface area contributed by atoms with Crippen LogP contribution in [0.25, 0.3) is 11.1 Å². The van der Waals surface area contributed by atoms with Crippen molar-refractivity contribution in [2.75, 3.05) is 0 Å². The van der Waals surface area contributed by atoms with Crippen molar-refractivity contribution in [2.45, 2.75) is 28.0 Å². The van der Waals surface area contributed by atoms with E-state index in [1.807, 2.05) is 0 Å². The Morgan fingerprint density at radius 3 is 1.73 bits per heavy atom. The number of hydrogen-bond donors (Lipinski definition) is 0. The second-order valence-corrected chi connectivity index (χ2v) is 11.9. The summed E-state index contributed by atoms with van der Waals surface area (Å²) in [5.74, 6) is 0. The zero-order valence-corrected chi connectivity index (χ0v) is 15.4. The van der Waals surface area contributed by atoms with Crippen molar-refractivity contribution >= 4 is 28.4 Å². The van der Waals surface area contributed by atoms with Gasteiger partial charge in [0.1, 0.15) is 0 Å². The van der Waals surface area contributed by atoms with E-state index < -0.39 is 7.20 Å². The van der Waals surface area contributed by atoms with Gasteiger partial charge in [0.25, 0.3) is 0 Å². The number of benzene rings is 3. The van der Waals surface area contributed by atoms with Crippen molar-refractivity contribution in [3.8, 4) is 11.1 Å². The van der Waals surface area contributed by atoms with Crippen molar-refractivity contribution in [1.82, 2.24) is 0 Å². The van der Waals surface area contributed by atoms with E-state index in [9.17, 15) is 0 Å². The first kappa shape index (κ1) is 14.3. The number of aryl methyl sites for hydroxylation is 1. The van der Waals surface area contributed by atoms with Crippen LogP contribution in [0.4, 0.5) is 0 Å². The topological polar surface area (TPSA) is 0 Å². The van der Waals surface area contributed by atoms with Crippen molar-refractivity contribution < 1.29 is 0 Å². The molecule has 0 aromatic heterocycles. The van der Waals surface area contributed by atoms with Crippen LogP contribution < -0.4 is 0 Å². The Labute approximate surface area is 145 Å². The highest BCUT2D eigenvalue weighted by atomic mass is 127. The summed E-state index contributed by atoms with van der Waals surface area (Å²) >= 11 is 2.72. The molecule has 110 valence electrons. The van der Waals surface area contributed by atoms with Crippen molar-refractivity contribution in [2.24, 2.45) is 0 Å². The maximum absolute atomic E-state index is 2.72. The summed E-state index contributed by atoms with van der Waals surface area (Å²) in [5, 5.41) is 0. The van der Waals surface area contributed by atoms with E-state index in [1.54, 1.807) is 0 Å². The molecule has 0 nitrogen and oxygen atoms in total. The van der Waals surface area contributed by atoms with Gasteiger partial charge in [-0.3, -0.25) is 0 Å². The summed E-state index contributed by atoms with van der Waals surface area (Å²) in [5.41, 5.74) is 4.21. The Balaban J connectivity index is 2.00. The van der Waals surface area contributed by atoms with Crippen molar-refractivity contribution in [3.05, 3.63) is 78.4 Å². The lowest BCUT2D eigenvalue weighted by atomic mass is 10.1. The van der Waals surface area contributed by atoms with Crippen LogP contribution in [-0.4, -0.2) is 0 Å². The third-order valence-corrected chi connectivity index (χ3v) is 11.5. The standard InChI is InChI=1S/C20H17IS/c1-2-15-11-13-16(14-12-15)22(21)19-9-5-3-7-17(19)18-8-4-6-10-20(18)22/h3-14H,2H2,1H3. The molecule has 0 atom stereocenters. The quantitative estimate of drug-likeness (QED) is 0.401. The molecule has 0 spiro atoms. The molecular weight excluding hydrogens is 399 g/mol. The minimum Gasteiger partial charge on any atom is -0.104 e. The van der Waals surface area contributed by atoms with Gasteiger partial charge in [0.05, 0.1) is 0 Å². The lowest BCUT2D eigenvalue weighted by Crippen LogP contribution is -1.92. The van der Waals surface area contributed by atoms with E-state index in [-0.39, 0.29) is 0 Å². The first-order chi connectivity index (χ1) is 10.7. The zero-order valence-electron chi connectivity index (χ0n) is 12.4. The zero-order chi connectivity index (χ0) is 15.2. The first-order valence-electron chi connectivity index (χ1n) is 7.55. The van der Waals surface area contributed by atoms with Gasteiger partial charge in [0.15, 0.2) is 0 Å². The number of rotatable bonds is 2. The highest BCUT2D eigenvalue weighted by Crippen LogP contribution is 2.80. The largest absolute Gasteiger partial charge is 0.104 e. The summed E-state index contributed by atoms with van der Waals surface area (Å²) in [6.07, 6.45) is 1.09. The second-order valence-electron chi connectivity index (χ2n) is 5.53. The molecule has 0 aliphatic carbocycles. The average Bonchev–Trinajstić information content (AvgIpc) is 2.86. The predicted molar refractivity (Wildman–Crippen MR) is 104 cm³/mol. The normalized spacial score (nSPS) is 15.9. The van der Waals surface area contributed by atoms with Gasteiger partial charge in [0.2, 0.25) is 0 Å². The Morgan fingerprint density at radius 2 is 1.23 bits per heavy atom. The SMILES string of the molecule is CCc1ccc(S2(I)c3ccccc3-c3ccccc32)cc1. The van der Waals surface area contributed by atoms with Crippen LogP contribution in [0.3, 0.4) is 0 Å². The molecule has 0 unspecified atom stereocenters. The lowest BCUT2D eigenvalue weighted by Gasteiger charge is -2.31. The van der Waals surface area contributed by atoms with Gasteiger partial charge in [-0.25, -0.2) is 0 Å². The molecular formula is C20H17IS. The van der Waals surface area contributed by atoms with E-state index in [0.29, 0.717) is 0 Å². The number of halogens is 1. The van der Waals surface area contributed by atoms with Crippen molar-refractivity contribution in [1.29, 1.82) is 0 Å². The van der Waals surface area contributed by atoms with Gasteiger partial charge >= 0.3 is 0 Å². The first-order valence-corrected chi connectivity index (χ1v) is 11.7. The molecule has 4 rings (SSSR count). The van der Waals surface area contributed by atoms with E-state index in [2.05, 4.69) is 101 Å². The molecule has 3 aromatic rings. The highest BCUT2D eigenvalue weighted by Gasteiger charge is 2.37. The summed E-state index contributed by atoms with van der Waals surface area (Å²) in [6, 6.07) is 27.0. The fourth-order valence-corrected chi connectivity index (χ4v) is 9.09. The van der Waals surface area contributed by atoms with Crippen LogP contribution in [0, 0.1) is 0 Å². The number of fused-ring (bicyclic) bond motifs is 3. The van der Waals surface area contributed by atoms with Gasteiger partial charge in [-0.1, -0.05) is 55.5 Å². The van der Waals surface area contributed by atoms with E-state index in [1.165, 1.54) is 31.4 Å². The highest BCUT2D eigenvalue weighted by molar-refractivity contribution is 14.2. The molecule has 2 heteroatoms. The molecule has 22 heavy (non-hydrogen) atoms. The molecule has 0 N–H and O–H groups in total. The van der Waals surface area contributed by atoms with Gasteiger partial charge in [-0.15, -0.1) is 7.20 Å².